The number of benzene rings is 1. The molecule has 1 unspecified atom stereocenters. The van der Waals surface area contributed by atoms with Crippen molar-refractivity contribution in [2.45, 2.75) is 103 Å². The maximum atomic E-state index is 6.37. The van der Waals surface area contributed by atoms with E-state index >= 15 is 0 Å². The molecule has 1 aliphatic heterocycles. The highest BCUT2D eigenvalue weighted by molar-refractivity contribution is 5.21. The van der Waals surface area contributed by atoms with E-state index in [-0.39, 0.29) is 0 Å². The fraction of sp³-hybridized carbons (Fsp3) is 0.778. The molecule has 0 saturated carbocycles. The summed E-state index contributed by atoms with van der Waals surface area (Å²) in [5, 5.41) is 0. The van der Waals surface area contributed by atoms with Gasteiger partial charge in [0.15, 0.2) is 0 Å². The molecule has 1 aliphatic rings. The van der Waals surface area contributed by atoms with Crippen LogP contribution in [0.1, 0.15) is 102 Å². The number of nitrogens with zero attached hydrogens (tertiary/aromatic N) is 1. The first-order valence-electron chi connectivity index (χ1n) is 12.8. The predicted octanol–water partition coefficient (Wildman–Crippen LogP) is 7.30. The number of hydrogen-bond acceptors (Lipinski definition) is 3. The molecule has 0 aliphatic carbocycles. The molecule has 1 aromatic carbocycles. The second-order valence-corrected chi connectivity index (χ2v) is 9.15. The third-order valence-corrected chi connectivity index (χ3v) is 6.33. The van der Waals surface area contributed by atoms with Crippen LogP contribution in [0.3, 0.4) is 0 Å². The highest BCUT2D eigenvalue weighted by Crippen LogP contribution is 2.31. The summed E-state index contributed by atoms with van der Waals surface area (Å²) in [6, 6.07) is 10.5. The molecule has 1 aromatic rings. The Hall–Kier alpha value is -0.900. The average Bonchev–Trinajstić information content (AvgIpc) is 2.77. The van der Waals surface area contributed by atoms with Crippen molar-refractivity contribution in [3.63, 3.8) is 0 Å². The Morgan fingerprint density at radius 2 is 1.33 bits per heavy atom. The van der Waals surface area contributed by atoms with Crippen molar-refractivity contribution in [3.8, 4) is 0 Å². The van der Waals surface area contributed by atoms with Gasteiger partial charge in [-0.05, 0) is 13.5 Å². The quantitative estimate of drug-likeness (QED) is 0.248. The van der Waals surface area contributed by atoms with E-state index in [0.717, 1.165) is 38.3 Å². The van der Waals surface area contributed by atoms with Gasteiger partial charge in [0.05, 0.1) is 19.8 Å². The third-order valence-electron chi connectivity index (χ3n) is 6.33. The second-order valence-electron chi connectivity index (χ2n) is 9.15. The first kappa shape index (κ1) is 25.4. The minimum absolute atomic E-state index is 0.592. The largest absolute Gasteiger partial charge is 0.345 e. The minimum atomic E-state index is -0.592. The van der Waals surface area contributed by atoms with E-state index in [4.69, 9.17) is 9.47 Å². The lowest BCUT2D eigenvalue weighted by atomic mass is 10.0. The molecule has 172 valence electrons. The maximum absolute atomic E-state index is 6.37. The summed E-state index contributed by atoms with van der Waals surface area (Å²) in [7, 11) is 2.15. The van der Waals surface area contributed by atoms with E-state index in [0.29, 0.717) is 0 Å². The zero-order valence-corrected chi connectivity index (χ0v) is 19.9. The third kappa shape index (κ3) is 9.94. The van der Waals surface area contributed by atoms with Gasteiger partial charge >= 0.3 is 0 Å². The fourth-order valence-electron chi connectivity index (χ4n) is 4.42. The Bertz CT molecular complexity index is 521. The van der Waals surface area contributed by atoms with Crippen molar-refractivity contribution in [1.29, 1.82) is 0 Å². The maximum Gasteiger partial charge on any atom is 0.208 e. The molecule has 0 bridgehead atoms. The summed E-state index contributed by atoms with van der Waals surface area (Å²) in [5.74, 6) is -0.592. The van der Waals surface area contributed by atoms with E-state index in [1.54, 1.807) is 0 Å². The van der Waals surface area contributed by atoms with Crippen LogP contribution >= 0.6 is 0 Å². The van der Waals surface area contributed by atoms with Gasteiger partial charge in [0.1, 0.15) is 0 Å². The molecule has 1 saturated heterocycles. The summed E-state index contributed by atoms with van der Waals surface area (Å²) in [6.45, 7) is 5.56. The Morgan fingerprint density at radius 3 is 1.87 bits per heavy atom. The van der Waals surface area contributed by atoms with Crippen molar-refractivity contribution in [3.05, 3.63) is 35.9 Å². The molecule has 0 radical (unpaired) electrons. The first-order valence-corrected chi connectivity index (χ1v) is 12.8. The van der Waals surface area contributed by atoms with Gasteiger partial charge in [0.2, 0.25) is 5.79 Å². The van der Waals surface area contributed by atoms with Gasteiger partial charge in [-0.2, -0.15) is 0 Å². The molecule has 1 heterocycles. The lowest BCUT2D eigenvalue weighted by Gasteiger charge is -2.41. The molecule has 3 nitrogen and oxygen atoms in total. The highest BCUT2D eigenvalue weighted by atomic mass is 16.7. The van der Waals surface area contributed by atoms with Gasteiger partial charge in [0, 0.05) is 12.1 Å². The number of ether oxygens (including phenoxy) is 2. The van der Waals surface area contributed by atoms with Gasteiger partial charge in [-0.1, -0.05) is 121 Å². The normalized spacial score (nSPS) is 19.9. The van der Waals surface area contributed by atoms with Crippen LogP contribution in [0.15, 0.2) is 30.3 Å². The van der Waals surface area contributed by atoms with Crippen molar-refractivity contribution in [1.82, 2.24) is 4.90 Å². The van der Waals surface area contributed by atoms with E-state index in [2.05, 4.69) is 49.2 Å². The Morgan fingerprint density at radius 1 is 0.800 bits per heavy atom. The van der Waals surface area contributed by atoms with Crippen molar-refractivity contribution in [2.75, 3.05) is 33.4 Å². The van der Waals surface area contributed by atoms with E-state index in [1.165, 1.54) is 83.5 Å². The van der Waals surface area contributed by atoms with E-state index in [1.807, 2.05) is 0 Å². The molecule has 0 N–H and O–H groups in total. The molecule has 30 heavy (non-hydrogen) atoms. The van der Waals surface area contributed by atoms with Gasteiger partial charge in [-0.15, -0.1) is 0 Å². The molecule has 1 atom stereocenters. The number of morpholine rings is 1. The molecule has 0 aromatic heterocycles. The fourth-order valence-corrected chi connectivity index (χ4v) is 4.42. The summed E-state index contributed by atoms with van der Waals surface area (Å²) >= 11 is 0. The zero-order chi connectivity index (χ0) is 21.3. The lowest BCUT2D eigenvalue weighted by Crippen LogP contribution is -2.50. The highest BCUT2D eigenvalue weighted by Gasteiger charge is 2.38. The van der Waals surface area contributed by atoms with Crippen molar-refractivity contribution in [2.24, 2.45) is 0 Å². The molecule has 0 spiro atoms. The Labute approximate surface area is 186 Å². The van der Waals surface area contributed by atoms with Crippen LogP contribution in [0, 0.1) is 0 Å². The smallest absolute Gasteiger partial charge is 0.208 e. The standard InChI is InChI=1S/C27H47NO2/c1-3-4-5-6-7-8-9-10-11-12-13-14-15-19-23-29-27(25-28(2)22-24-30-27)26-20-17-16-18-21-26/h16-18,20-21H,3-15,19,22-25H2,1-2H3. The average molecular weight is 418 g/mol. The van der Waals surface area contributed by atoms with E-state index in [9.17, 15) is 0 Å². The molecule has 3 heteroatoms. The summed E-state index contributed by atoms with van der Waals surface area (Å²) < 4.78 is 12.5. The lowest BCUT2D eigenvalue weighted by molar-refractivity contribution is -0.274. The monoisotopic (exact) mass is 417 g/mol. The molecule has 1 fully saturated rings. The van der Waals surface area contributed by atoms with E-state index < -0.39 is 5.79 Å². The molecule has 2 rings (SSSR count). The van der Waals surface area contributed by atoms with Gasteiger partial charge in [-0.3, -0.25) is 4.90 Å². The number of hydrogen-bond donors (Lipinski definition) is 0. The predicted molar refractivity (Wildman–Crippen MR) is 128 cm³/mol. The number of unbranched alkanes of at least 4 members (excludes halogenated alkanes) is 13. The topological polar surface area (TPSA) is 21.7 Å². The van der Waals surface area contributed by atoms with Crippen molar-refractivity contribution < 1.29 is 9.47 Å². The minimum Gasteiger partial charge on any atom is -0.345 e. The van der Waals surface area contributed by atoms with Crippen LogP contribution in [0.25, 0.3) is 0 Å². The number of rotatable bonds is 17. The SMILES string of the molecule is CCCCCCCCCCCCCCCCOC1(c2ccccc2)CN(C)CCO1. The molecule has 0 amide bonds. The van der Waals surface area contributed by atoms with Crippen LogP contribution in [0.5, 0.6) is 0 Å². The molecular weight excluding hydrogens is 370 g/mol. The van der Waals surface area contributed by atoms with Crippen LogP contribution in [-0.2, 0) is 15.3 Å². The Balaban J connectivity index is 1.49. The number of likely N-dealkylation sites (N-methyl/N-ethyl adjacent to an activating group) is 1. The second kappa shape index (κ2) is 15.8. The van der Waals surface area contributed by atoms with Gasteiger partial charge in [0.25, 0.3) is 0 Å². The zero-order valence-electron chi connectivity index (χ0n) is 19.9. The summed E-state index contributed by atoms with van der Waals surface area (Å²) in [5.41, 5.74) is 1.14. The molecular formula is C27H47NO2. The first-order chi connectivity index (χ1) is 14.8. The Kier molecular flexibility index (Phi) is 13.4. The van der Waals surface area contributed by atoms with Crippen LogP contribution < -0.4 is 0 Å². The van der Waals surface area contributed by atoms with Crippen LogP contribution in [-0.4, -0.2) is 38.3 Å². The van der Waals surface area contributed by atoms with Crippen LogP contribution in [0.2, 0.25) is 0 Å². The van der Waals surface area contributed by atoms with Crippen LogP contribution in [0.4, 0.5) is 0 Å². The van der Waals surface area contributed by atoms with Gasteiger partial charge in [-0.25, -0.2) is 0 Å². The van der Waals surface area contributed by atoms with Crippen molar-refractivity contribution >= 4 is 0 Å². The summed E-state index contributed by atoms with van der Waals surface area (Å²) in [4.78, 5) is 2.31. The summed E-state index contributed by atoms with van der Waals surface area (Å²) in [6.07, 6.45) is 19.3. The van der Waals surface area contributed by atoms with Gasteiger partial charge < -0.3 is 9.47 Å².